The summed E-state index contributed by atoms with van der Waals surface area (Å²) in [7, 11) is 0. The van der Waals surface area contributed by atoms with Crippen molar-refractivity contribution in [1.82, 2.24) is 0 Å². The van der Waals surface area contributed by atoms with Crippen LogP contribution in [0, 0.1) is 0 Å². The Hall–Kier alpha value is -0.550. The third-order valence-electron chi connectivity index (χ3n) is 2.34. The Morgan fingerprint density at radius 2 is 2.29 bits per heavy atom. The lowest BCUT2D eigenvalue weighted by atomic mass is 10.1. The molecule has 1 rings (SSSR count). The average Bonchev–Trinajstić information content (AvgIpc) is 2.43. The number of ketones is 1. The summed E-state index contributed by atoms with van der Waals surface area (Å²) in [6, 6.07) is -0.329. The number of aliphatic carboxylic acids is 1. The largest absolute Gasteiger partial charge is 0.481 e. The molecule has 0 amide bonds. The van der Waals surface area contributed by atoms with Crippen LogP contribution in [-0.2, 0) is 9.59 Å². The highest BCUT2D eigenvalue weighted by Gasteiger charge is 2.31. The van der Waals surface area contributed by atoms with Gasteiger partial charge in [-0.1, -0.05) is 6.42 Å². The van der Waals surface area contributed by atoms with Crippen LogP contribution in [0.2, 0.25) is 0 Å². The first-order chi connectivity index (χ1) is 6.61. The minimum absolute atomic E-state index is 0.123. The van der Waals surface area contributed by atoms with Crippen molar-refractivity contribution >= 4 is 23.5 Å². The molecule has 0 saturated carbocycles. The number of carbonyl (C=O) groups excluding carboxylic acids is 1. The molecule has 1 aliphatic heterocycles. The van der Waals surface area contributed by atoms with Gasteiger partial charge in [-0.05, 0) is 12.8 Å². The van der Waals surface area contributed by atoms with E-state index in [9.17, 15) is 9.59 Å². The first kappa shape index (κ1) is 11.5. The highest BCUT2D eigenvalue weighted by atomic mass is 32.2. The predicted octanol–water partition coefficient (Wildman–Crippen LogP) is 0.643. The minimum Gasteiger partial charge on any atom is -0.481 e. The zero-order chi connectivity index (χ0) is 10.6. The van der Waals surface area contributed by atoms with Crippen molar-refractivity contribution in [3.63, 3.8) is 0 Å². The number of hydrogen-bond donors (Lipinski definition) is 2. The topological polar surface area (TPSA) is 80.4 Å². The van der Waals surface area contributed by atoms with E-state index in [1.807, 2.05) is 0 Å². The predicted molar refractivity (Wildman–Crippen MR) is 55.3 cm³/mol. The number of carboxylic acids is 1. The second-order valence-electron chi connectivity index (χ2n) is 3.48. The monoisotopic (exact) mass is 217 g/mol. The van der Waals surface area contributed by atoms with Gasteiger partial charge in [-0.3, -0.25) is 9.59 Å². The second kappa shape index (κ2) is 5.36. The number of rotatable bonds is 5. The molecule has 4 nitrogen and oxygen atoms in total. The van der Waals surface area contributed by atoms with Crippen LogP contribution in [0.4, 0.5) is 0 Å². The van der Waals surface area contributed by atoms with Gasteiger partial charge in [-0.25, -0.2) is 0 Å². The molecule has 1 saturated heterocycles. The molecule has 80 valence electrons. The summed E-state index contributed by atoms with van der Waals surface area (Å²) < 4.78 is 0. The smallest absolute Gasteiger partial charge is 0.303 e. The molecule has 0 aliphatic carbocycles. The molecule has 2 atom stereocenters. The zero-order valence-electron chi connectivity index (χ0n) is 7.94. The van der Waals surface area contributed by atoms with Gasteiger partial charge in [0, 0.05) is 11.7 Å². The maximum Gasteiger partial charge on any atom is 0.303 e. The van der Waals surface area contributed by atoms with E-state index in [0.29, 0.717) is 12.2 Å². The molecule has 0 aromatic rings. The molecule has 1 aliphatic rings. The van der Waals surface area contributed by atoms with E-state index >= 15 is 0 Å². The molecule has 1 heterocycles. The van der Waals surface area contributed by atoms with Gasteiger partial charge in [0.25, 0.3) is 0 Å². The molecule has 1 fully saturated rings. The fourth-order valence-electron chi connectivity index (χ4n) is 1.48. The summed E-state index contributed by atoms with van der Waals surface area (Å²) >= 11 is 1.60. The van der Waals surface area contributed by atoms with Gasteiger partial charge in [0.1, 0.15) is 0 Å². The van der Waals surface area contributed by atoms with Gasteiger partial charge >= 0.3 is 5.97 Å². The third kappa shape index (κ3) is 3.31. The van der Waals surface area contributed by atoms with Crippen molar-refractivity contribution in [1.29, 1.82) is 0 Å². The fourth-order valence-corrected chi connectivity index (χ4v) is 2.74. The zero-order valence-corrected chi connectivity index (χ0v) is 8.76. The van der Waals surface area contributed by atoms with Gasteiger partial charge < -0.3 is 10.8 Å². The molecular formula is C9H15NO3S. The van der Waals surface area contributed by atoms with E-state index in [0.717, 1.165) is 12.8 Å². The van der Waals surface area contributed by atoms with Crippen LogP contribution in [0.1, 0.15) is 25.7 Å². The quantitative estimate of drug-likeness (QED) is 0.661. The summed E-state index contributed by atoms with van der Waals surface area (Å²) in [6.45, 7) is 0. The first-order valence-electron chi connectivity index (χ1n) is 4.73. The van der Waals surface area contributed by atoms with Crippen LogP contribution in [0.3, 0.4) is 0 Å². The molecule has 0 spiro atoms. The highest BCUT2D eigenvalue weighted by molar-refractivity contribution is 8.01. The van der Waals surface area contributed by atoms with Crippen LogP contribution in [0.25, 0.3) is 0 Å². The first-order valence-corrected chi connectivity index (χ1v) is 5.78. The van der Waals surface area contributed by atoms with E-state index < -0.39 is 5.97 Å². The number of hydrogen-bond acceptors (Lipinski definition) is 4. The second-order valence-corrected chi connectivity index (χ2v) is 4.71. The van der Waals surface area contributed by atoms with Gasteiger partial charge in [0.05, 0.1) is 11.8 Å². The van der Waals surface area contributed by atoms with Crippen LogP contribution < -0.4 is 5.73 Å². The molecule has 0 bridgehead atoms. The van der Waals surface area contributed by atoms with E-state index in [2.05, 4.69) is 0 Å². The minimum atomic E-state index is -0.760. The summed E-state index contributed by atoms with van der Waals surface area (Å²) in [5.74, 6) is -0.118. The van der Waals surface area contributed by atoms with Crippen molar-refractivity contribution in [3.05, 3.63) is 0 Å². The van der Waals surface area contributed by atoms with Crippen LogP contribution in [0.5, 0.6) is 0 Å². The maximum atomic E-state index is 11.1. The standard InChI is InChI=1S/C9H15NO3S/c10-9-6(11)5-14-7(9)3-1-2-4-8(12)13/h7,9H,1-5,10H2,(H,12,13). The average molecular weight is 217 g/mol. The van der Waals surface area contributed by atoms with E-state index in [1.165, 1.54) is 0 Å². The Bertz CT molecular complexity index is 232. The summed E-state index contributed by atoms with van der Waals surface area (Å²) in [6.07, 6.45) is 2.57. The van der Waals surface area contributed by atoms with Gasteiger partial charge in [-0.2, -0.15) is 0 Å². The molecule has 0 aromatic carbocycles. The third-order valence-corrected chi connectivity index (χ3v) is 3.75. The molecule has 2 unspecified atom stereocenters. The molecular weight excluding hydrogens is 202 g/mol. The summed E-state index contributed by atoms with van der Waals surface area (Å²) in [5.41, 5.74) is 5.68. The lowest BCUT2D eigenvalue weighted by Gasteiger charge is -2.11. The molecule has 3 N–H and O–H groups in total. The van der Waals surface area contributed by atoms with Crippen molar-refractivity contribution in [2.75, 3.05) is 5.75 Å². The van der Waals surface area contributed by atoms with Crippen molar-refractivity contribution in [2.45, 2.75) is 37.0 Å². The van der Waals surface area contributed by atoms with Gasteiger partial charge in [0.15, 0.2) is 5.78 Å². The van der Waals surface area contributed by atoms with E-state index in [-0.39, 0.29) is 23.5 Å². The Labute approximate surface area is 87.2 Å². The Balaban J connectivity index is 2.13. The molecule has 0 aromatic heterocycles. The van der Waals surface area contributed by atoms with Crippen molar-refractivity contribution in [3.8, 4) is 0 Å². The number of Topliss-reactive ketones (excluding diaryl/α,β-unsaturated/α-hetero) is 1. The van der Waals surface area contributed by atoms with Crippen molar-refractivity contribution in [2.24, 2.45) is 5.73 Å². The Kier molecular flexibility index (Phi) is 4.41. The molecule has 14 heavy (non-hydrogen) atoms. The summed E-state index contributed by atoms with van der Waals surface area (Å²) in [4.78, 5) is 21.3. The van der Waals surface area contributed by atoms with E-state index in [4.69, 9.17) is 10.8 Å². The highest BCUT2D eigenvalue weighted by Crippen LogP contribution is 2.27. The van der Waals surface area contributed by atoms with Crippen molar-refractivity contribution < 1.29 is 14.7 Å². The Morgan fingerprint density at radius 1 is 1.57 bits per heavy atom. The fraction of sp³-hybridized carbons (Fsp3) is 0.778. The van der Waals surface area contributed by atoms with E-state index in [1.54, 1.807) is 11.8 Å². The number of thioether (sulfide) groups is 1. The lowest BCUT2D eigenvalue weighted by Crippen LogP contribution is -2.34. The Morgan fingerprint density at radius 3 is 2.79 bits per heavy atom. The number of carbonyl (C=O) groups is 2. The number of carboxylic acid groups (broad SMARTS) is 1. The molecule has 0 radical (unpaired) electrons. The van der Waals surface area contributed by atoms with Crippen LogP contribution >= 0.6 is 11.8 Å². The maximum absolute atomic E-state index is 11.1. The van der Waals surface area contributed by atoms with Gasteiger partial charge in [0.2, 0.25) is 0 Å². The number of nitrogens with two attached hydrogens (primary N) is 1. The number of unbranched alkanes of at least 4 members (excludes halogenated alkanes) is 1. The molecule has 5 heteroatoms. The lowest BCUT2D eigenvalue weighted by molar-refractivity contribution is -0.137. The SMILES string of the molecule is NC1C(=O)CSC1CCCCC(=O)O. The van der Waals surface area contributed by atoms with Crippen LogP contribution in [0.15, 0.2) is 0 Å². The normalized spacial score (nSPS) is 26.8. The summed E-state index contributed by atoms with van der Waals surface area (Å²) in [5, 5.41) is 8.62. The van der Waals surface area contributed by atoms with Gasteiger partial charge in [-0.15, -0.1) is 11.8 Å². The van der Waals surface area contributed by atoms with Crippen LogP contribution in [-0.4, -0.2) is 33.9 Å².